The van der Waals surface area contributed by atoms with Crippen LogP contribution >= 0.6 is 0 Å². The van der Waals surface area contributed by atoms with Crippen molar-refractivity contribution in [3.63, 3.8) is 0 Å². The van der Waals surface area contributed by atoms with Crippen LogP contribution in [0.15, 0.2) is 0 Å². The summed E-state index contributed by atoms with van der Waals surface area (Å²) in [6, 6.07) is 0. The van der Waals surface area contributed by atoms with E-state index < -0.39 is 5.60 Å². The second kappa shape index (κ2) is 2.58. The van der Waals surface area contributed by atoms with Gasteiger partial charge in [-0.05, 0) is 13.3 Å². The highest BCUT2D eigenvalue weighted by Crippen LogP contribution is 2.27. The molecular weight excluding hydrogens is 132 g/mol. The molecule has 0 aromatic rings. The molecule has 3 heteroatoms. The molecule has 1 aliphatic rings. The van der Waals surface area contributed by atoms with Gasteiger partial charge in [0.05, 0.1) is 13.2 Å². The number of ether oxygens (including phenoxy) is 2. The predicted octanol–water partition coefficient (Wildman–Crippen LogP) is 0.729. The molecule has 3 nitrogen and oxygen atoms in total. The minimum absolute atomic E-state index is 0.227. The van der Waals surface area contributed by atoms with Gasteiger partial charge in [0, 0.05) is 0 Å². The van der Waals surface area contributed by atoms with Crippen molar-refractivity contribution in [2.24, 2.45) is 0 Å². The fraction of sp³-hybridized carbons (Fsp3) is 0.857. The van der Waals surface area contributed by atoms with Gasteiger partial charge in [0.1, 0.15) is 0 Å². The Morgan fingerprint density at radius 1 is 1.80 bits per heavy atom. The zero-order valence-corrected chi connectivity index (χ0v) is 6.35. The molecule has 0 aliphatic carbocycles. The Bertz CT molecular complexity index is 138. The fourth-order valence-corrected chi connectivity index (χ4v) is 0.574. The van der Waals surface area contributed by atoms with E-state index in [-0.39, 0.29) is 5.97 Å². The number of hydrogen-bond acceptors (Lipinski definition) is 3. The van der Waals surface area contributed by atoms with Crippen LogP contribution in [-0.2, 0) is 14.3 Å². The highest BCUT2D eigenvalue weighted by molar-refractivity contribution is 5.81. The second-order valence-electron chi connectivity index (χ2n) is 2.66. The number of epoxide rings is 1. The molecule has 0 aromatic heterocycles. The van der Waals surface area contributed by atoms with Gasteiger partial charge >= 0.3 is 5.97 Å². The van der Waals surface area contributed by atoms with Crippen molar-refractivity contribution in [1.29, 1.82) is 0 Å². The summed E-state index contributed by atoms with van der Waals surface area (Å²) in [5.41, 5.74) is -0.602. The van der Waals surface area contributed by atoms with Crippen LogP contribution in [0.4, 0.5) is 0 Å². The molecule has 1 rings (SSSR count). The Balaban J connectivity index is 2.22. The lowest BCUT2D eigenvalue weighted by Crippen LogP contribution is -2.23. The van der Waals surface area contributed by atoms with Crippen LogP contribution in [0.25, 0.3) is 0 Å². The molecule has 58 valence electrons. The van der Waals surface area contributed by atoms with Crippen LogP contribution in [0.2, 0.25) is 0 Å². The lowest BCUT2D eigenvalue weighted by atomic mass is 10.2. The Labute approximate surface area is 60.3 Å². The van der Waals surface area contributed by atoms with Gasteiger partial charge in [0.15, 0.2) is 5.60 Å². The minimum Gasteiger partial charge on any atom is -0.464 e. The number of hydrogen-bond donors (Lipinski definition) is 0. The average molecular weight is 144 g/mol. The molecule has 1 heterocycles. The van der Waals surface area contributed by atoms with Crippen molar-refractivity contribution in [2.45, 2.75) is 25.9 Å². The van der Waals surface area contributed by atoms with E-state index in [1.165, 1.54) is 0 Å². The average Bonchev–Trinajstić information content (AvgIpc) is 2.64. The molecule has 0 spiro atoms. The Kier molecular flexibility index (Phi) is 1.94. The molecule has 1 unspecified atom stereocenters. The molecule has 1 aliphatic heterocycles. The Hall–Kier alpha value is -0.570. The monoisotopic (exact) mass is 144 g/mol. The van der Waals surface area contributed by atoms with Crippen LogP contribution in [0.1, 0.15) is 20.3 Å². The van der Waals surface area contributed by atoms with Gasteiger partial charge in [-0.15, -0.1) is 0 Å². The number of carbonyl (C=O) groups is 1. The molecule has 0 bridgehead atoms. The maximum Gasteiger partial charge on any atom is 0.340 e. The molecular formula is C7H12O3. The first-order chi connectivity index (χ1) is 4.69. The van der Waals surface area contributed by atoms with E-state index >= 15 is 0 Å². The van der Waals surface area contributed by atoms with E-state index in [9.17, 15) is 4.79 Å². The van der Waals surface area contributed by atoms with Crippen molar-refractivity contribution in [1.82, 2.24) is 0 Å². The lowest BCUT2D eigenvalue weighted by molar-refractivity contribution is -0.149. The van der Waals surface area contributed by atoms with Gasteiger partial charge in [-0.25, -0.2) is 4.79 Å². The third-order valence-corrected chi connectivity index (χ3v) is 1.45. The molecule has 0 radical (unpaired) electrons. The molecule has 0 aromatic carbocycles. The summed E-state index contributed by atoms with van der Waals surface area (Å²) in [6.07, 6.45) is 0.863. The quantitative estimate of drug-likeness (QED) is 0.433. The summed E-state index contributed by atoms with van der Waals surface area (Å²) >= 11 is 0. The largest absolute Gasteiger partial charge is 0.464 e. The maximum absolute atomic E-state index is 10.9. The number of carbonyl (C=O) groups excluding carboxylic acids is 1. The van der Waals surface area contributed by atoms with Gasteiger partial charge in [-0.2, -0.15) is 0 Å². The molecule has 0 amide bonds. The highest BCUT2D eigenvalue weighted by atomic mass is 16.6. The van der Waals surface area contributed by atoms with Gasteiger partial charge in [-0.3, -0.25) is 0 Å². The molecule has 1 atom stereocenters. The van der Waals surface area contributed by atoms with E-state index in [1.54, 1.807) is 6.92 Å². The van der Waals surface area contributed by atoms with Crippen molar-refractivity contribution in [3.8, 4) is 0 Å². The number of rotatable bonds is 3. The van der Waals surface area contributed by atoms with Gasteiger partial charge in [-0.1, -0.05) is 6.92 Å². The lowest BCUT2D eigenvalue weighted by Gasteiger charge is -2.04. The molecule has 1 saturated heterocycles. The first-order valence-electron chi connectivity index (χ1n) is 3.50. The maximum atomic E-state index is 10.9. The third kappa shape index (κ3) is 1.48. The van der Waals surface area contributed by atoms with Crippen LogP contribution in [0.5, 0.6) is 0 Å². The number of esters is 1. The van der Waals surface area contributed by atoms with Crippen molar-refractivity contribution in [3.05, 3.63) is 0 Å². The van der Waals surface area contributed by atoms with Crippen molar-refractivity contribution < 1.29 is 14.3 Å². The molecule has 0 N–H and O–H groups in total. The zero-order chi connectivity index (χ0) is 7.61. The van der Waals surface area contributed by atoms with Crippen LogP contribution in [-0.4, -0.2) is 24.8 Å². The summed E-state index contributed by atoms with van der Waals surface area (Å²) in [5.74, 6) is -0.227. The Morgan fingerprint density at radius 3 is 2.80 bits per heavy atom. The first-order valence-corrected chi connectivity index (χ1v) is 3.50. The van der Waals surface area contributed by atoms with Crippen molar-refractivity contribution in [2.75, 3.05) is 13.2 Å². The SMILES string of the molecule is CCCOC(=O)C1(C)CO1. The molecule has 10 heavy (non-hydrogen) atoms. The van der Waals surface area contributed by atoms with E-state index in [2.05, 4.69) is 0 Å². The van der Waals surface area contributed by atoms with Crippen molar-refractivity contribution >= 4 is 5.97 Å². The van der Waals surface area contributed by atoms with Crippen LogP contribution < -0.4 is 0 Å². The Morgan fingerprint density at radius 2 is 2.40 bits per heavy atom. The third-order valence-electron chi connectivity index (χ3n) is 1.45. The van der Waals surface area contributed by atoms with E-state index in [0.29, 0.717) is 13.2 Å². The van der Waals surface area contributed by atoms with E-state index in [1.807, 2.05) is 6.92 Å². The van der Waals surface area contributed by atoms with E-state index in [4.69, 9.17) is 9.47 Å². The van der Waals surface area contributed by atoms with Crippen LogP contribution in [0, 0.1) is 0 Å². The molecule has 0 saturated carbocycles. The summed E-state index contributed by atoms with van der Waals surface area (Å²) < 4.78 is 9.73. The summed E-state index contributed by atoms with van der Waals surface area (Å²) in [4.78, 5) is 10.9. The second-order valence-corrected chi connectivity index (χ2v) is 2.66. The van der Waals surface area contributed by atoms with Crippen LogP contribution in [0.3, 0.4) is 0 Å². The minimum atomic E-state index is -0.602. The fourth-order valence-electron chi connectivity index (χ4n) is 0.574. The van der Waals surface area contributed by atoms with Gasteiger partial charge in [0.25, 0.3) is 0 Å². The topological polar surface area (TPSA) is 38.8 Å². The zero-order valence-electron chi connectivity index (χ0n) is 6.35. The normalized spacial score (nSPS) is 29.8. The first kappa shape index (κ1) is 7.54. The van der Waals surface area contributed by atoms with E-state index in [0.717, 1.165) is 6.42 Å². The summed E-state index contributed by atoms with van der Waals surface area (Å²) in [7, 11) is 0. The smallest absolute Gasteiger partial charge is 0.340 e. The standard InChI is InChI=1S/C7H12O3/c1-3-4-9-6(8)7(2)5-10-7/h3-5H2,1-2H3. The summed E-state index contributed by atoms with van der Waals surface area (Å²) in [6.45, 7) is 4.71. The molecule has 1 fully saturated rings. The summed E-state index contributed by atoms with van der Waals surface area (Å²) in [5, 5.41) is 0. The van der Waals surface area contributed by atoms with Gasteiger partial charge < -0.3 is 9.47 Å². The predicted molar refractivity (Wildman–Crippen MR) is 35.6 cm³/mol. The highest BCUT2D eigenvalue weighted by Gasteiger charge is 2.48. The van der Waals surface area contributed by atoms with Gasteiger partial charge in [0.2, 0.25) is 0 Å².